The number of nitrogens with zero attached hydrogens (tertiary/aromatic N) is 5. The van der Waals surface area contributed by atoms with Gasteiger partial charge in [-0.05, 0) is 57.0 Å². The molecule has 0 unspecified atom stereocenters. The summed E-state index contributed by atoms with van der Waals surface area (Å²) in [5, 5.41) is 6.99. The van der Waals surface area contributed by atoms with Crippen LogP contribution in [0.3, 0.4) is 0 Å². The van der Waals surface area contributed by atoms with Crippen molar-refractivity contribution in [2.24, 2.45) is 7.05 Å². The van der Waals surface area contributed by atoms with Crippen molar-refractivity contribution in [1.29, 1.82) is 0 Å². The molecule has 1 aliphatic rings. The van der Waals surface area contributed by atoms with E-state index in [1.807, 2.05) is 30.9 Å². The van der Waals surface area contributed by atoms with Gasteiger partial charge in [0.25, 0.3) is 5.91 Å². The zero-order valence-corrected chi connectivity index (χ0v) is 18.7. The van der Waals surface area contributed by atoms with Gasteiger partial charge in [-0.1, -0.05) is 6.07 Å². The summed E-state index contributed by atoms with van der Waals surface area (Å²) in [5.41, 5.74) is 7.18. The third-order valence-electron chi connectivity index (χ3n) is 6.18. The van der Waals surface area contributed by atoms with Crippen LogP contribution in [0.2, 0.25) is 0 Å². The van der Waals surface area contributed by atoms with Gasteiger partial charge in [-0.15, -0.1) is 0 Å². The molecular weight excluding hydrogens is 388 g/mol. The van der Waals surface area contributed by atoms with Gasteiger partial charge in [0, 0.05) is 67.5 Å². The molecule has 1 amide bonds. The van der Waals surface area contributed by atoms with Gasteiger partial charge < -0.3 is 5.32 Å². The molecule has 7 heteroatoms. The van der Waals surface area contributed by atoms with Crippen molar-refractivity contribution >= 4 is 5.91 Å². The molecule has 0 aromatic carbocycles. The number of pyridine rings is 2. The van der Waals surface area contributed by atoms with E-state index in [2.05, 4.69) is 39.4 Å². The van der Waals surface area contributed by atoms with Gasteiger partial charge in [0.1, 0.15) is 5.69 Å². The zero-order chi connectivity index (χ0) is 22.0. The van der Waals surface area contributed by atoms with Gasteiger partial charge >= 0.3 is 0 Å². The maximum Gasteiger partial charge on any atom is 0.269 e. The minimum Gasteiger partial charge on any atom is -0.354 e. The highest BCUT2D eigenvalue weighted by molar-refractivity contribution is 5.92. The smallest absolute Gasteiger partial charge is 0.269 e. The van der Waals surface area contributed by atoms with Crippen molar-refractivity contribution in [1.82, 2.24) is 30.0 Å². The number of hydrogen-bond donors (Lipinski definition) is 1. The van der Waals surface area contributed by atoms with Gasteiger partial charge in [0.2, 0.25) is 0 Å². The van der Waals surface area contributed by atoms with Crippen molar-refractivity contribution in [3.8, 4) is 11.1 Å². The molecule has 31 heavy (non-hydrogen) atoms. The van der Waals surface area contributed by atoms with Gasteiger partial charge in [-0.25, -0.2) is 0 Å². The number of aromatic nitrogens is 4. The Morgan fingerprint density at radius 3 is 2.71 bits per heavy atom. The van der Waals surface area contributed by atoms with Crippen LogP contribution in [0.15, 0.2) is 36.7 Å². The van der Waals surface area contributed by atoms with Gasteiger partial charge in [0.15, 0.2) is 0 Å². The van der Waals surface area contributed by atoms with E-state index >= 15 is 0 Å². The number of likely N-dealkylation sites (tertiary alicyclic amines) is 1. The number of carbonyl (C=O) groups excluding carboxylic acids is 1. The highest BCUT2D eigenvalue weighted by atomic mass is 16.1. The number of carbonyl (C=O) groups is 1. The van der Waals surface area contributed by atoms with Gasteiger partial charge in [0.05, 0.1) is 6.20 Å². The molecule has 0 radical (unpaired) electrons. The number of hydrogen-bond acceptors (Lipinski definition) is 5. The molecule has 0 saturated carbocycles. The normalized spacial score (nSPS) is 17.0. The van der Waals surface area contributed by atoms with E-state index in [0.29, 0.717) is 11.6 Å². The lowest BCUT2D eigenvalue weighted by Gasteiger charge is -2.32. The molecule has 162 valence electrons. The summed E-state index contributed by atoms with van der Waals surface area (Å²) >= 11 is 0. The van der Waals surface area contributed by atoms with Crippen molar-refractivity contribution < 1.29 is 4.79 Å². The number of nitrogens with one attached hydrogen (secondary N) is 1. The Morgan fingerprint density at radius 2 is 2.03 bits per heavy atom. The molecular formula is C24H30N6O. The van der Waals surface area contributed by atoms with Crippen LogP contribution in [0.4, 0.5) is 0 Å². The highest BCUT2D eigenvalue weighted by Crippen LogP contribution is 2.30. The second-order valence-corrected chi connectivity index (χ2v) is 8.39. The minimum absolute atomic E-state index is 0.177. The standard InChI is InChI=1S/C24H30N6O/c1-16-10-20(18-7-8-22(26-12-18)24(31)25-3)11-23(28-16)19-6-5-9-30(14-19)15-21-13-27-29(4)17(21)2/h7-8,10-13,19H,5-6,9,14-15H2,1-4H3,(H,25,31)/t19-/m0/s1. The molecule has 7 nitrogen and oxygen atoms in total. The molecule has 3 aromatic rings. The fourth-order valence-electron chi connectivity index (χ4n) is 4.28. The van der Waals surface area contributed by atoms with E-state index in [4.69, 9.17) is 4.98 Å². The van der Waals surface area contributed by atoms with Crippen LogP contribution in [0.5, 0.6) is 0 Å². The predicted octanol–water partition coefficient (Wildman–Crippen LogP) is 3.23. The fourth-order valence-corrected chi connectivity index (χ4v) is 4.28. The molecule has 1 fully saturated rings. The Hall–Kier alpha value is -3.06. The summed E-state index contributed by atoms with van der Waals surface area (Å²) in [6, 6.07) is 7.99. The average Bonchev–Trinajstić information content (AvgIpc) is 3.10. The Labute approximate surface area is 183 Å². The topological polar surface area (TPSA) is 75.9 Å². The summed E-state index contributed by atoms with van der Waals surface area (Å²) in [5.74, 6) is 0.228. The van der Waals surface area contributed by atoms with Crippen molar-refractivity contribution in [3.63, 3.8) is 0 Å². The zero-order valence-electron chi connectivity index (χ0n) is 18.7. The van der Waals surface area contributed by atoms with E-state index < -0.39 is 0 Å². The third-order valence-corrected chi connectivity index (χ3v) is 6.18. The second kappa shape index (κ2) is 8.98. The number of amides is 1. The average molecular weight is 419 g/mol. The predicted molar refractivity (Wildman–Crippen MR) is 121 cm³/mol. The molecule has 1 atom stereocenters. The Kier molecular flexibility index (Phi) is 6.13. The maximum atomic E-state index is 11.8. The van der Waals surface area contributed by atoms with E-state index in [1.165, 1.54) is 11.3 Å². The second-order valence-electron chi connectivity index (χ2n) is 8.39. The summed E-state index contributed by atoms with van der Waals surface area (Å²) in [7, 11) is 3.60. The fraction of sp³-hybridized carbons (Fsp3) is 0.417. The first-order valence-electron chi connectivity index (χ1n) is 10.8. The first-order chi connectivity index (χ1) is 14.9. The SMILES string of the molecule is CNC(=O)c1ccc(-c2cc(C)nc([C@H]3CCCN(Cc4cnn(C)c4C)C3)c2)cn1. The van der Waals surface area contributed by atoms with E-state index in [1.54, 1.807) is 19.3 Å². The molecule has 0 spiro atoms. The maximum absolute atomic E-state index is 11.8. The summed E-state index contributed by atoms with van der Waals surface area (Å²) in [4.78, 5) is 23.5. The largest absolute Gasteiger partial charge is 0.354 e. The van der Waals surface area contributed by atoms with Crippen LogP contribution in [-0.4, -0.2) is 50.7 Å². The molecule has 1 aliphatic heterocycles. The number of rotatable bonds is 5. The van der Waals surface area contributed by atoms with Crippen LogP contribution >= 0.6 is 0 Å². The molecule has 0 aliphatic carbocycles. The van der Waals surface area contributed by atoms with Gasteiger partial charge in [-0.2, -0.15) is 5.10 Å². The quantitative estimate of drug-likeness (QED) is 0.688. The number of piperidine rings is 1. The molecule has 3 aromatic heterocycles. The van der Waals surface area contributed by atoms with Crippen LogP contribution in [-0.2, 0) is 13.6 Å². The van der Waals surface area contributed by atoms with Crippen molar-refractivity contribution in [3.05, 3.63) is 65.0 Å². The molecule has 4 heterocycles. The van der Waals surface area contributed by atoms with Crippen LogP contribution in [0, 0.1) is 13.8 Å². The van der Waals surface area contributed by atoms with Crippen LogP contribution < -0.4 is 5.32 Å². The highest BCUT2D eigenvalue weighted by Gasteiger charge is 2.24. The first-order valence-corrected chi connectivity index (χ1v) is 10.8. The van der Waals surface area contributed by atoms with E-state index in [9.17, 15) is 4.79 Å². The Balaban J connectivity index is 1.53. The summed E-state index contributed by atoms with van der Waals surface area (Å²) in [6.07, 6.45) is 6.06. The molecule has 0 bridgehead atoms. The van der Waals surface area contributed by atoms with Crippen molar-refractivity contribution in [2.45, 2.75) is 39.2 Å². The lowest BCUT2D eigenvalue weighted by Crippen LogP contribution is -2.34. The minimum atomic E-state index is -0.177. The third kappa shape index (κ3) is 4.66. The lowest BCUT2D eigenvalue weighted by atomic mass is 9.92. The summed E-state index contributed by atoms with van der Waals surface area (Å²) < 4.78 is 1.94. The molecule has 1 N–H and O–H groups in total. The lowest BCUT2D eigenvalue weighted by molar-refractivity contribution is 0.0958. The van der Waals surface area contributed by atoms with Gasteiger partial charge in [-0.3, -0.25) is 24.3 Å². The Morgan fingerprint density at radius 1 is 1.19 bits per heavy atom. The Bertz CT molecular complexity index is 1070. The molecule has 1 saturated heterocycles. The van der Waals surface area contributed by atoms with E-state index in [0.717, 1.165) is 55.0 Å². The van der Waals surface area contributed by atoms with Crippen LogP contribution in [0.25, 0.3) is 11.1 Å². The van der Waals surface area contributed by atoms with E-state index in [-0.39, 0.29) is 5.91 Å². The number of aryl methyl sites for hydroxylation is 2. The van der Waals surface area contributed by atoms with Crippen molar-refractivity contribution in [2.75, 3.05) is 20.1 Å². The summed E-state index contributed by atoms with van der Waals surface area (Å²) in [6.45, 7) is 7.20. The first kappa shape index (κ1) is 21.2. The van der Waals surface area contributed by atoms with Crippen LogP contribution in [0.1, 0.15) is 51.9 Å². The molecule has 4 rings (SSSR count). The monoisotopic (exact) mass is 418 g/mol.